The van der Waals surface area contributed by atoms with Gasteiger partial charge in [0.15, 0.2) is 0 Å². The molecule has 1 heterocycles. The van der Waals surface area contributed by atoms with Crippen molar-refractivity contribution in [2.45, 2.75) is 32.7 Å². The van der Waals surface area contributed by atoms with E-state index < -0.39 is 0 Å². The highest BCUT2D eigenvalue weighted by Gasteiger charge is 2.11. The smallest absolute Gasteiger partial charge is 0.0662 e. The molecule has 0 spiro atoms. The Kier molecular flexibility index (Phi) is 3.60. The summed E-state index contributed by atoms with van der Waals surface area (Å²) < 4.78 is 4.27. The molecular formula is C14H18N2S. The van der Waals surface area contributed by atoms with Gasteiger partial charge in [0, 0.05) is 4.88 Å². The van der Waals surface area contributed by atoms with E-state index in [9.17, 15) is 0 Å². The fourth-order valence-corrected chi connectivity index (χ4v) is 2.56. The third kappa shape index (κ3) is 2.73. The lowest BCUT2D eigenvalue weighted by molar-refractivity contribution is 0.854. The van der Waals surface area contributed by atoms with Crippen molar-refractivity contribution < 1.29 is 0 Å². The lowest BCUT2D eigenvalue weighted by Gasteiger charge is -2.11. The Bertz CT molecular complexity index is 485. The third-order valence-electron chi connectivity index (χ3n) is 2.91. The summed E-state index contributed by atoms with van der Waals surface area (Å²) in [6.07, 6.45) is 0. The molecule has 0 saturated heterocycles. The number of nitrogens with two attached hydrogens (primary N) is 1. The molecule has 0 unspecified atom stereocenters. The van der Waals surface area contributed by atoms with Gasteiger partial charge in [0.05, 0.1) is 11.7 Å². The van der Waals surface area contributed by atoms with Gasteiger partial charge in [0.1, 0.15) is 0 Å². The molecule has 2 aromatic rings. The van der Waals surface area contributed by atoms with Crippen molar-refractivity contribution in [2.75, 3.05) is 0 Å². The van der Waals surface area contributed by atoms with E-state index >= 15 is 0 Å². The molecule has 2 N–H and O–H groups in total. The Labute approximate surface area is 107 Å². The summed E-state index contributed by atoms with van der Waals surface area (Å²) in [7, 11) is 0. The molecule has 0 saturated carbocycles. The van der Waals surface area contributed by atoms with Gasteiger partial charge >= 0.3 is 0 Å². The predicted molar refractivity (Wildman–Crippen MR) is 73.4 cm³/mol. The van der Waals surface area contributed by atoms with Gasteiger partial charge in [0.25, 0.3) is 0 Å². The first kappa shape index (κ1) is 12.3. The molecule has 0 aliphatic carbocycles. The number of rotatable bonds is 3. The molecular weight excluding hydrogens is 228 g/mol. The quantitative estimate of drug-likeness (QED) is 0.898. The third-order valence-corrected chi connectivity index (χ3v) is 3.88. The second-order valence-corrected chi connectivity index (χ2v) is 5.51. The first-order chi connectivity index (χ1) is 8.08. The van der Waals surface area contributed by atoms with Crippen LogP contribution in [0.1, 0.15) is 47.5 Å². The molecule has 0 aliphatic rings. The molecule has 0 amide bonds. The van der Waals surface area contributed by atoms with E-state index in [-0.39, 0.29) is 6.04 Å². The summed E-state index contributed by atoms with van der Waals surface area (Å²) in [4.78, 5) is 1.12. The minimum Gasteiger partial charge on any atom is -0.320 e. The lowest BCUT2D eigenvalue weighted by atomic mass is 9.99. The Balaban J connectivity index is 2.22. The number of nitrogens with zero attached hydrogens (tertiary/aromatic N) is 1. The lowest BCUT2D eigenvalue weighted by Crippen LogP contribution is -2.10. The second-order valence-electron chi connectivity index (χ2n) is 4.67. The summed E-state index contributed by atoms with van der Waals surface area (Å²) in [5, 5.41) is 0. The van der Waals surface area contributed by atoms with Crippen LogP contribution >= 0.6 is 11.5 Å². The van der Waals surface area contributed by atoms with Crippen molar-refractivity contribution in [3.8, 4) is 0 Å². The molecule has 1 atom stereocenters. The Hall–Kier alpha value is -1.19. The maximum Gasteiger partial charge on any atom is 0.0662 e. The summed E-state index contributed by atoms with van der Waals surface area (Å²) in [5.74, 6) is 0.561. The Morgan fingerprint density at radius 1 is 1.12 bits per heavy atom. The molecule has 2 rings (SSSR count). The van der Waals surface area contributed by atoms with E-state index in [1.165, 1.54) is 17.1 Å². The van der Waals surface area contributed by atoms with Crippen LogP contribution in [0.5, 0.6) is 0 Å². The molecule has 0 bridgehead atoms. The summed E-state index contributed by atoms with van der Waals surface area (Å²) in [6.45, 7) is 6.39. The van der Waals surface area contributed by atoms with Crippen LogP contribution in [0.2, 0.25) is 0 Å². The average molecular weight is 246 g/mol. The number of aromatic nitrogens is 1. The maximum absolute atomic E-state index is 6.23. The van der Waals surface area contributed by atoms with Crippen LogP contribution in [-0.2, 0) is 0 Å². The molecule has 3 heteroatoms. The van der Waals surface area contributed by atoms with Crippen LogP contribution in [0, 0.1) is 6.92 Å². The van der Waals surface area contributed by atoms with Crippen molar-refractivity contribution in [1.29, 1.82) is 0 Å². The van der Waals surface area contributed by atoms with E-state index in [2.05, 4.69) is 48.6 Å². The fourth-order valence-electron chi connectivity index (χ4n) is 1.78. The normalized spacial score (nSPS) is 13.0. The summed E-state index contributed by atoms with van der Waals surface area (Å²) in [5.41, 5.74) is 9.77. The first-order valence-electron chi connectivity index (χ1n) is 5.86. The molecule has 0 fully saturated rings. The van der Waals surface area contributed by atoms with Gasteiger partial charge in [0.2, 0.25) is 0 Å². The summed E-state index contributed by atoms with van der Waals surface area (Å²) in [6, 6.07) is 10.6. The van der Waals surface area contributed by atoms with Gasteiger partial charge in [-0.2, -0.15) is 4.37 Å². The van der Waals surface area contributed by atoms with E-state index in [0.717, 1.165) is 16.1 Å². The molecule has 0 aliphatic heterocycles. The van der Waals surface area contributed by atoms with Crippen LogP contribution in [0.15, 0.2) is 30.3 Å². The standard InChI is InChI=1S/C14H18N2S/c1-9(2)11-4-6-12(7-5-11)14(15)13-8-10(3)16-17-13/h4-9,14H,15H2,1-3H3/t14-/m1/s1. The SMILES string of the molecule is Cc1cc([C@H](N)c2ccc(C(C)C)cc2)sn1. The highest BCUT2D eigenvalue weighted by molar-refractivity contribution is 7.05. The molecule has 17 heavy (non-hydrogen) atoms. The summed E-state index contributed by atoms with van der Waals surface area (Å²) >= 11 is 1.49. The highest BCUT2D eigenvalue weighted by atomic mass is 32.1. The van der Waals surface area contributed by atoms with Crippen LogP contribution in [-0.4, -0.2) is 4.37 Å². The van der Waals surface area contributed by atoms with Crippen molar-refractivity contribution >= 4 is 11.5 Å². The van der Waals surface area contributed by atoms with Crippen molar-refractivity contribution in [3.63, 3.8) is 0 Å². The average Bonchev–Trinajstić information content (AvgIpc) is 2.75. The molecule has 1 aromatic heterocycles. The maximum atomic E-state index is 6.23. The Morgan fingerprint density at radius 2 is 1.71 bits per heavy atom. The van der Waals surface area contributed by atoms with Gasteiger partial charge < -0.3 is 5.73 Å². The van der Waals surface area contributed by atoms with Crippen LogP contribution in [0.4, 0.5) is 0 Å². The first-order valence-corrected chi connectivity index (χ1v) is 6.64. The molecule has 1 aromatic carbocycles. The van der Waals surface area contributed by atoms with Crippen LogP contribution < -0.4 is 5.73 Å². The zero-order valence-electron chi connectivity index (χ0n) is 10.5. The molecule has 90 valence electrons. The van der Waals surface area contributed by atoms with E-state index in [4.69, 9.17) is 5.73 Å². The number of aryl methyl sites for hydroxylation is 1. The predicted octanol–water partition coefficient (Wildman–Crippen LogP) is 3.62. The van der Waals surface area contributed by atoms with E-state index in [1.807, 2.05) is 6.92 Å². The van der Waals surface area contributed by atoms with Gasteiger partial charge in [-0.3, -0.25) is 0 Å². The highest BCUT2D eigenvalue weighted by Crippen LogP contribution is 2.25. The zero-order chi connectivity index (χ0) is 12.4. The van der Waals surface area contributed by atoms with Crippen molar-refractivity contribution in [2.24, 2.45) is 5.73 Å². The monoisotopic (exact) mass is 246 g/mol. The number of hydrogen-bond donors (Lipinski definition) is 1. The van der Waals surface area contributed by atoms with Crippen LogP contribution in [0.3, 0.4) is 0 Å². The van der Waals surface area contributed by atoms with Crippen molar-refractivity contribution in [3.05, 3.63) is 52.0 Å². The fraction of sp³-hybridized carbons (Fsp3) is 0.357. The van der Waals surface area contributed by atoms with Gasteiger partial charge in [-0.15, -0.1) is 0 Å². The minimum atomic E-state index is -0.0533. The van der Waals surface area contributed by atoms with Crippen LogP contribution in [0.25, 0.3) is 0 Å². The minimum absolute atomic E-state index is 0.0533. The molecule has 2 nitrogen and oxygen atoms in total. The second kappa shape index (κ2) is 4.98. The van der Waals surface area contributed by atoms with Gasteiger partial charge in [-0.25, -0.2) is 0 Å². The Morgan fingerprint density at radius 3 is 2.18 bits per heavy atom. The van der Waals surface area contributed by atoms with Gasteiger partial charge in [-0.05, 0) is 41.6 Å². The zero-order valence-corrected chi connectivity index (χ0v) is 11.3. The number of benzene rings is 1. The van der Waals surface area contributed by atoms with E-state index in [1.54, 1.807) is 0 Å². The topological polar surface area (TPSA) is 38.9 Å². The van der Waals surface area contributed by atoms with Gasteiger partial charge in [-0.1, -0.05) is 38.1 Å². The molecule has 0 radical (unpaired) electrons. The van der Waals surface area contributed by atoms with Crippen molar-refractivity contribution in [1.82, 2.24) is 4.37 Å². The number of hydrogen-bond acceptors (Lipinski definition) is 3. The van der Waals surface area contributed by atoms with E-state index in [0.29, 0.717) is 5.92 Å². The largest absolute Gasteiger partial charge is 0.320 e.